The molecule has 1 heterocycles. The van der Waals surface area contributed by atoms with E-state index in [9.17, 15) is 14.4 Å². The summed E-state index contributed by atoms with van der Waals surface area (Å²) in [4.78, 5) is 39.3. The average Bonchev–Trinajstić information content (AvgIpc) is 3.12. The number of hydrogen-bond donors (Lipinski definition) is 1. The Balaban J connectivity index is 2.07. The van der Waals surface area contributed by atoms with Crippen LogP contribution in [0.3, 0.4) is 0 Å². The standard InChI is InChI=1S/C25H29NO6/c1-13(2)14-10-11-17-16(12-14)22(27)20-21(26-15-8-6-5-7-9-15)18(24(28)30-3)19(23(20)32-17)25(29)31-4/h10-13,15,18,26H,5-9H2,1-4H3. The average molecular weight is 440 g/mol. The quantitative estimate of drug-likeness (QED) is 0.713. The predicted molar refractivity (Wildman–Crippen MR) is 120 cm³/mol. The monoisotopic (exact) mass is 439 g/mol. The molecule has 0 saturated heterocycles. The Morgan fingerprint density at radius 1 is 1.09 bits per heavy atom. The zero-order chi connectivity index (χ0) is 23.0. The van der Waals surface area contributed by atoms with Gasteiger partial charge in [-0.3, -0.25) is 9.59 Å². The zero-order valence-electron chi connectivity index (χ0n) is 18.9. The SMILES string of the molecule is COC(=O)C1=c2oc3ccc(C(C)C)cc3c(=O)c2=C(NC2CCCCC2)C1C(=O)OC. The summed E-state index contributed by atoms with van der Waals surface area (Å²) >= 11 is 0. The summed E-state index contributed by atoms with van der Waals surface area (Å²) in [6.07, 6.45) is 5.15. The molecule has 7 nitrogen and oxygen atoms in total. The zero-order valence-corrected chi connectivity index (χ0v) is 18.9. The van der Waals surface area contributed by atoms with Gasteiger partial charge >= 0.3 is 11.9 Å². The Morgan fingerprint density at radius 2 is 1.81 bits per heavy atom. The summed E-state index contributed by atoms with van der Waals surface area (Å²) in [5.74, 6) is -2.22. The first-order valence-corrected chi connectivity index (χ1v) is 11.1. The minimum absolute atomic E-state index is 0.000374. The third-order valence-electron chi connectivity index (χ3n) is 6.48. The van der Waals surface area contributed by atoms with Gasteiger partial charge < -0.3 is 19.2 Å². The van der Waals surface area contributed by atoms with Crippen LogP contribution in [0.25, 0.3) is 22.2 Å². The van der Waals surface area contributed by atoms with E-state index in [1.807, 2.05) is 12.1 Å². The molecular weight excluding hydrogens is 410 g/mol. The molecule has 2 aromatic rings. The molecule has 1 fully saturated rings. The molecule has 1 atom stereocenters. The second-order valence-corrected chi connectivity index (χ2v) is 8.80. The highest BCUT2D eigenvalue weighted by molar-refractivity contribution is 6.19. The first kappa shape index (κ1) is 22.1. The molecule has 2 aliphatic carbocycles. The van der Waals surface area contributed by atoms with Gasteiger partial charge in [-0.1, -0.05) is 39.2 Å². The smallest absolute Gasteiger partial charge is 0.338 e. The Labute approximate surface area is 186 Å². The van der Waals surface area contributed by atoms with E-state index in [1.165, 1.54) is 14.2 Å². The third-order valence-corrected chi connectivity index (χ3v) is 6.48. The fraction of sp³-hybridized carbons (Fsp3) is 0.480. The van der Waals surface area contributed by atoms with Gasteiger partial charge in [-0.25, -0.2) is 4.79 Å². The highest BCUT2D eigenvalue weighted by atomic mass is 16.5. The molecule has 0 aliphatic heterocycles. The number of esters is 2. The summed E-state index contributed by atoms with van der Waals surface area (Å²) in [6, 6.07) is 5.57. The lowest BCUT2D eigenvalue weighted by atomic mass is 9.93. The molecule has 0 bridgehead atoms. The highest BCUT2D eigenvalue weighted by Crippen LogP contribution is 2.28. The molecule has 0 spiro atoms. The Hall–Kier alpha value is -3.09. The van der Waals surface area contributed by atoms with Gasteiger partial charge in [-0.2, -0.15) is 0 Å². The number of methoxy groups -OCH3 is 2. The molecule has 32 heavy (non-hydrogen) atoms. The van der Waals surface area contributed by atoms with Crippen LogP contribution < -0.4 is 21.4 Å². The van der Waals surface area contributed by atoms with Crippen molar-refractivity contribution in [1.82, 2.24) is 5.32 Å². The molecule has 0 amide bonds. The van der Waals surface area contributed by atoms with E-state index in [2.05, 4.69) is 19.2 Å². The predicted octanol–water partition coefficient (Wildman–Crippen LogP) is 2.07. The Kier molecular flexibility index (Phi) is 6.09. The molecule has 2 aliphatic rings. The third kappa shape index (κ3) is 3.70. The summed E-state index contributed by atoms with van der Waals surface area (Å²) in [5, 5.41) is 4.06. The van der Waals surface area contributed by atoms with Crippen LogP contribution in [-0.4, -0.2) is 32.2 Å². The lowest BCUT2D eigenvalue weighted by molar-refractivity contribution is -0.144. The Bertz CT molecular complexity index is 1250. The van der Waals surface area contributed by atoms with Crippen molar-refractivity contribution in [3.63, 3.8) is 0 Å². The van der Waals surface area contributed by atoms with Gasteiger partial charge in [0.05, 0.1) is 24.8 Å². The lowest BCUT2D eigenvalue weighted by Crippen LogP contribution is -2.44. The first-order valence-electron chi connectivity index (χ1n) is 11.1. The number of carbonyl (C=O) groups is 2. The number of hydrogen-bond acceptors (Lipinski definition) is 7. The van der Waals surface area contributed by atoms with E-state index < -0.39 is 17.9 Å². The van der Waals surface area contributed by atoms with Crippen LogP contribution in [0.5, 0.6) is 0 Å². The molecule has 0 radical (unpaired) electrons. The largest absolute Gasteiger partial charge is 0.468 e. The van der Waals surface area contributed by atoms with Crippen LogP contribution in [0.4, 0.5) is 0 Å². The van der Waals surface area contributed by atoms with Crippen molar-refractivity contribution in [1.29, 1.82) is 0 Å². The fourth-order valence-electron chi connectivity index (χ4n) is 4.72. The van der Waals surface area contributed by atoms with Gasteiger partial charge in [0.2, 0.25) is 5.43 Å². The van der Waals surface area contributed by atoms with Crippen LogP contribution >= 0.6 is 0 Å². The number of fused-ring (bicyclic) bond motifs is 2. The number of rotatable bonds is 5. The highest BCUT2D eigenvalue weighted by Gasteiger charge is 2.41. The van der Waals surface area contributed by atoms with Crippen molar-refractivity contribution in [2.24, 2.45) is 5.92 Å². The summed E-state index contributed by atoms with van der Waals surface area (Å²) in [6.45, 7) is 4.10. The Morgan fingerprint density at radius 3 is 2.44 bits per heavy atom. The number of nitrogens with one attached hydrogen (secondary N) is 1. The molecule has 4 rings (SSSR count). The first-order chi connectivity index (χ1) is 15.4. The molecule has 1 aromatic heterocycles. The van der Waals surface area contributed by atoms with E-state index >= 15 is 0 Å². The summed E-state index contributed by atoms with van der Waals surface area (Å²) in [7, 11) is 2.50. The van der Waals surface area contributed by atoms with Crippen LogP contribution in [0.15, 0.2) is 27.4 Å². The molecule has 1 aromatic carbocycles. The van der Waals surface area contributed by atoms with Gasteiger partial charge in [0.15, 0.2) is 5.42 Å². The minimum Gasteiger partial charge on any atom is -0.468 e. The van der Waals surface area contributed by atoms with Crippen molar-refractivity contribution < 1.29 is 23.5 Å². The van der Waals surface area contributed by atoms with E-state index in [0.29, 0.717) is 16.7 Å². The maximum absolute atomic E-state index is 13.7. The van der Waals surface area contributed by atoms with E-state index in [-0.39, 0.29) is 33.6 Å². The lowest BCUT2D eigenvalue weighted by Gasteiger charge is -2.27. The minimum atomic E-state index is -1.10. The number of benzene rings is 1. The van der Waals surface area contributed by atoms with Crippen LogP contribution in [0.1, 0.15) is 57.4 Å². The van der Waals surface area contributed by atoms with Crippen molar-refractivity contribution in [2.45, 2.75) is 57.9 Å². The van der Waals surface area contributed by atoms with Gasteiger partial charge in [-0.15, -0.1) is 0 Å². The summed E-state index contributed by atoms with van der Waals surface area (Å²) < 4.78 is 16.1. The number of carbonyl (C=O) groups excluding carboxylic acids is 2. The van der Waals surface area contributed by atoms with Gasteiger partial charge in [0.1, 0.15) is 17.1 Å². The summed E-state index contributed by atoms with van der Waals surface area (Å²) in [5.41, 5.74) is 1.56. The topological polar surface area (TPSA) is 94.8 Å². The van der Waals surface area contributed by atoms with Gasteiger partial charge in [0, 0.05) is 11.7 Å². The molecule has 170 valence electrons. The van der Waals surface area contributed by atoms with Crippen LogP contribution in [0.2, 0.25) is 0 Å². The maximum Gasteiger partial charge on any atom is 0.338 e. The van der Waals surface area contributed by atoms with Crippen LogP contribution in [0, 0.1) is 5.92 Å². The molecule has 1 unspecified atom stereocenters. The molecule has 1 N–H and O–H groups in total. The normalized spacial score (nSPS) is 18.7. The van der Waals surface area contributed by atoms with Gasteiger partial charge in [0.25, 0.3) is 0 Å². The second-order valence-electron chi connectivity index (χ2n) is 8.80. The second kappa shape index (κ2) is 8.81. The van der Waals surface area contributed by atoms with E-state index in [1.54, 1.807) is 6.07 Å². The molecule has 7 heteroatoms. The van der Waals surface area contributed by atoms with Crippen molar-refractivity contribution >= 4 is 34.2 Å². The maximum atomic E-state index is 13.7. The van der Waals surface area contributed by atoms with Crippen molar-refractivity contribution in [3.8, 4) is 0 Å². The van der Waals surface area contributed by atoms with Crippen molar-refractivity contribution in [3.05, 3.63) is 44.6 Å². The van der Waals surface area contributed by atoms with E-state index in [4.69, 9.17) is 13.9 Å². The van der Waals surface area contributed by atoms with Gasteiger partial charge in [-0.05, 0) is 36.5 Å². The fourth-order valence-corrected chi connectivity index (χ4v) is 4.72. The molecule has 1 saturated carbocycles. The van der Waals surface area contributed by atoms with Crippen molar-refractivity contribution in [2.75, 3.05) is 14.2 Å². The van der Waals surface area contributed by atoms with Crippen LogP contribution in [-0.2, 0) is 19.1 Å². The number of ether oxygens (including phenoxy) is 2. The van der Waals surface area contributed by atoms with E-state index in [0.717, 1.165) is 37.7 Å². The molecular formula is C25H29NO6.